The Balaban J connectivity index is 1.33. The van der Waals surface area contributed by atoms with E-state index in [-0.39, 0.29) is 0 Å². The minimum Gasteiger partial charge on any atom is -0.372 e. The molecule has 0 aliphatic carbocycles. The largest absolute Gasteiger partial charge is 0.372 e. The maximum atomic E-state index is 5.04. The Hall–Kier alpha value is -3.92. The van der Waals surface area contributed by atoms with Gasteiger partial charge in [0.2, 0.25) is 0 Å². The van der Waals surface area contributed by atoms with E-state index in [1.165, 1.54) is 59.3 Å². The number of pyridine rings is 2. The molecule has 7 rings (SSSR count). The molecule has 2 aromatic heterocycles. The van der Waals surface area contributed by atoms with Crippen LogP contribution in [0, 0.1) is 13.8 Å². The highest BCUT2D eigenvalue weighted by molar-refractivity contribution is 6.12. The van der Waals surface area contributed by atoms with Crippen LogP contribution in [0.15, 0.2) is 72.8 Å². The summed E-state index contributed by atoms with van der Waals surface area (Å²) in [4.78, 5) is 15.0. The van der Waals surface area contributed by atoms with E-state index in [0.717, 1.165) is 59.4 Å². The predicted octanol–water partition coefficient (Wildman–Crippen LogP) is 7.93. The van der Waals surface area contributed by atoms with Crippen molar-refractivity contribution < 1.29 is 0 Å². The van der Waals surface area contributed by atoms with E-state index in [4.69, 9.17) is 9.97 Å². The van der Waals surface area contributed by atoms with Crippen molar-refractivity contribution in [2.45, 2.75) is 39.5 Å². The van der Waals surface area contributed by atoms with Crippen LogP contribution in [0.5, 0.6) is 0 Å². The third kappa shape index (κ3) is 4.09. The zero-order chi connectivity index (χ0) is 25.6. The van der Waals surface area contributed by atoms with Gasteiger partial charge in [-0.15, -0.1) is 0 Å². The van der Waals surface area contributed by atoms with Crippen molar-refractivity contribution >= 4 is 33.2 Å². The lowest BCUT2D eigenvalue weighted by Crippen LogP contribution is -2.17. The van der Waals surface area contributed by atoms with E-state index in [1.54, 1.807) is 0 Å². The lowest BCUT2D eigenvalue weighted by atomic mass is 9.95. The summed E-state index contributed by atoms with van der Waals surface area (Å²) >= 11 is 0. The van der Waals surface area contributed by atoms with E-state index >= 15 is 0 Å². The highest BCUT2D eigenvalue weighted by atomic mass is 15.1. The number of benzene rings is 3. The summed E-state index contributed by atoms with van der Waals surface area (Å²) in [5.74, 6) is 0. The lowest BCUT2D eigenvalue weighted by Gasteiger charge is -2.19. The Bertz CT molecular complexity index is 1500. The number of hydrogen-bond donors (Lipinski definition) is 0. The molecule has 0 atom stereocenters. The van der Waals surface area contributed by atoms with Crippen molar-refractivity contribution in [2.24, 2.45) is 0 Å². The summed E-state index contributed by atoms with van der Waals surface area (Å²) in [5, 5.41) is 2.32. The van der Waals surface area contributed by atoms with Crippen molar-refractivity contribution in [3.05, 3.63) is 84.2 Å². The first kappa shape index (κ1) is 23.2. The maximum Gasteiger partial charge on any atom is 0.0974 e. The van der Waals surface area contributed by atoms with Crippen molar-refractivity contribution in [3.63, 3.8) is 0 Å². The van der Waals surface area contributed by atoms with Crippen LogP contribution in [-0.2, 0) is 0 Å². The van der Waals surface area contributed by atoms with Gasteiger partial charge in [0.15, 0.2) is 0 Å². The Labute approximate surface area is 225 Å². The van der Waals surface area contributed by atoms with Crippen LogP contribution in [0.3, 0.4) is 0 Å². The van der Waals surface area contributed by atoms with Gasteiger partial charge in [0, 0.05) is 59.7 Å². The van der Waals surface area contributed by atoms with E-state index in [9.17, 15) is 0 Å². The number of aromatic nitrogens is 2. The van der Waals surface area contributed by atoms with Gasteiger partial charge in [0.25, 0.3) is 0 Å². The standard InChI is InChI=1S/C34H34N4/c1-23-21-31(25-7-11-27(12-8-25)37-17-3-4-18-37)29-15-16-30-32(22-24(2)36-34(30)33(29)35-23)26-9-13-28(14-10-26)38-19-5-6-20-38/h7-16,21-22H,3-6,17-20H2,1-2H3. The summed E-state index contributed by atoms with van der Waals surface area (Å²) in [6, 6.07) is 27.1. The molecule has 2 saturated heterocycles. The second-order valence-corrected chi connectivity index (χ2v) is 11.0. The number of aryl methyl sites for hydroxylation is 2. The van der Waals surface area contributed by atoms with E-state index < -0.39 is 0 Å². The van der Waals surface area contributed by atoms with Gasteiger partial charge in [-0.25, -0.2) is 0 Å². The van der Waals surface area contributed by atoms with Crippen LogP contribution in [-0.4, -0.2) is 36.1 Å². The lowest BCUT2D eigenvalue weighted by molar-refractivity contribution is 0.949. The van der Waals surface area contributed by atoms with Crippen molar-refractivity contribution in [2.75, 3.05) is 36.0 Å². The van der Waals surface area contributed by atoms with Crippen LogP contribution in [0.2, 0.25) is 0 Å². The molecule has 38 heavy (non-hydrogen) atoms. The quantitative estimate of drug-likeness (QED) is 0.236. The molecule has 4 nitrogen and oxygen atoms in total. The van der Waals surface area contributed by atoms with Gasteiger partial charge in [-0.2, -0.15) is 0 Å². The molecule has 2 aliphatic rings. The van der Waals surface area contributed by atoms with Gasteiger partial charge in [-0.3, -0.25) is 9.97 Å². The number of anilines is 2. The Kier molecular flexibility index (Phi) is 5.76. The molecule has 0 radical (unpaired) electrons. The Morgan fingerprint density at radius 2 is 0.868 bits per heavy atom. The topological polar surface area (TPSA) is 32.3 Å². The minimum absolute atomic E-state index is 0.986. The average Bonchev–Trinajstić information content (AvgIpc) is 3.68. The van der Waals surface area contributed by atoms with Crippen molar-refractivity contribution in [1.82, 2.24) is 9.97 Å². The molecule has 5 aromatic rings. The van der Waals surface area contributed by atoms with Crippen LogP contribution >= 0.6 is 0 Å². The van der Waals surface area contributed by atoms with E-state index in [2.05, 4.69) is 96.4 Å². The third-order valence-electron chi connectivity index (χ3n) is 8.31. The van der Waals surface area contributed by atoms with Crippen LogP contribution in [0.4, 0.5) is 11.4 Å². The summed E-state index contributed by atoms with van der Waals surface area (Å²) in [5.41, 5.74) is 11.6. The third-order valence-corrected chi connectivity index (χ3v) is 8.31. The molecule has 4 heterocycles. The molecule has 0 spiro atoms. The molecule has 2 aliphatic heterocycles. The van der Waals surface area contributed by atoms with Gasteiger partial charge in [0.1, 0.15) is 0 Å². The normalized spacial score (nSPS) is 15.7. The monoisotopic (exact) mass is 498 g/mol. The number of hydrogen-bond acceptors (Lipinski definition) is 4. The maximum absolute atomic E-state index is 5.04. The fourth-order valence-corrected chi connectivity index (χ4v) is 6.36. The summed E-state index contributed by atoms with van der Waals surface area (Å²) < 4.78 is 0. The number of rotatable bonds is 4. The van der Waals surface area contributed by atoms with Gasteiger partial charge in [-0.05, 0) is 98.2 Å². The van der Waals surface area contributed by atoms with Gasteiger partial charge in [0.05, 0.1) is 11.0 Å². The average molecular weight is 499 g/mol. The first-order valence-electron chi connectivity index (χ1n) is 14.1. The Morgan fingerprint density at radius 1 is 0.500 bits per heavy atom. The van der Waals surface area contributed by atoms with Gasteiger partial charge < -0.3 is 9.80 Å². The van der Waals surface area contributed by atoms with Crippen LogP contribution < -0.4 is 9.80 Å². The van der Waals surface area contributed by atoms with Gasteiger partial charge in [-0.1, -0.05) is 36.4 Å². The van der Waals surface area contributed by atoms with Gasteiger partial charge >= 0.3 is 0 Å². The summed E-state index contributed by atoms with van der Waals surface area (Å²) in [6.07, 6.45) is 5.17. The zero-order valence-corrected chi connectivity index (χ0v) is 22.4. The molecule has 0 N–H and O–H groups in total. The fourth-order valence-electron chi connectivity index (χ4n) is 6.36. The van der Waals surface area contributed by atoms with Crippen LogP contribution in [0.1, 0.15) is 37.1 Å². The fraction of sp³-hybridized carbons (Fsp3) is 0.294. The van der Waals surface area contributed by atoms with Crippen LogP contribution in [0.25, 0.3) is 44.1 Å². The van der Waals surface area contributed by atoms with Crippen molar-refractivity contribution in [1.29, 1.82) is 0 Å². The van der Waals surface area contributed by atoms with Crippen molar-refractivity contribution in [3.8, 4) is 22.3 Å². The summed E-state index contributed by atoms with van der Waals surface area (Å²) in [7, 11) is 0. The second-order valence-electron chi connectivity index (χ2n) is 11.0. The molecule has 2 fully saturated rings. The molecule has 0 amide bonds. The highest BCUT2D eigenvalue weighted by Crippen LogP contribution is 2.37. The second kappa shape index (κ2) is 9.43. The molecular formula is C34H34N4. The smallest absolute Gasteiger partial charge is 0.0974 e. The molecule has 3 aromatic carbocycles. The number of nitrogens with zero attached hydrogens (tertiary/aromatic N) is 4. The molecule has 0 bridgehead atoms. The molecule has 4 heteroatoms. The molecular weight excluding hydrogens is 464 g/mol. The SMILES string of the molecule is Cc1cc(-c2ccc(N3CCCC3)cc2)c2ccc3c(-c4ccc(N5CCCC5)cc4)cc(C)nc3c2n1. The minimum atomic E-state index is 0.986. The molecule has 190 valence electrons. The first-order chi connectivity index (χ1) is 18.6. The number of fused-ring (bicyclic) bond motifs is 3. The highest BCUT2D eigenvalue weighted by Gasteiger charge is 2.17. The van der Waals surface area contributed by atoms with E-state index in [1.807, 2.05) is 0 Å². The zero-order valence-electron chi connectivity index (χ0n) is 22.4. The summed E-state index contributed by atoms with van der Waals surface area (Å²) in [6.45, 7) is 8.84. The Morgan fingerprint density at radius 3 is 1.24 bits per heavy atom. The predicted molar refractivity (Wildman–Crippen MR) is 160 cm³/mol. The van der Waals surface area contributed by atoms with E-state index in [0.29, 0.717) is 0 Å². The molecule has 0 unspecified atom stereocenters. The first-order valence-corrected chi connectivity index (χ1v) is 14.1. The molecule has 0 saturated carbocycles.